The number of rotatable bonds is 4. The lowest BCUT2D eigenvalue weighted by Crippen LogP contribution is -2.02. The number of ketones is 1. The van der Waals surface area contributed by atoms with E-state index in [0.717, 1.165) is 6.08 Å². The topological polar surface area (TPSA) is 43.4 Å². The number of hydrogen-bond acceptors (Lipinski definition) is 3. The first-order chi connectivity index (χ1) is 8.13. The molecule has 0 bridgehead atoms. The monoisotopic (exact) mass is 234 g/mol. The summed E-state index contributed by atoms with van der Waals surface area (Å²) in [6, 6.07) is 8.87. The molecule has 1 aromatic rings. The van der Waals surface area contributed by atoms with Gasteiger partial charge < -0.3 is 4.74 Å². The Balaban J connectivity index is 0.000000366. The van der Waals surface area contributed by atoms with Crippen LogP contribution in [0.3, 0.4) is 0 Å². The van der Waals surface area contributed by atoms with Crippen molar-refractivity contribution in [1.29, 1.82) is 0 Å². The molecule has 0 N–H and O–H groups in total. The first-order valence-electron chi connectivity index (χ1n) is 5.55. The van der Waals surface area contributed by atoms with Crippen molar-refractivity contribution in [2.75, 3.05) is 0 Å². The molecular formula is C14H18O3. The van der Waals surface area contributed by atoms with Crippen LogP contribution >= 0.6 is 0 Å². The van der Waals surface area contributed by atoms with Crippen LogP contribution < -0.4 is 4.74 Å². The number of hydrogen-bond donors (Lipinski definition) is 0. The number of carbonyl (C=O) groups is 2. The molecule has 1 aromatic carbocycles. The summed E-state index contributed by atoms with van der Waals surface area (Å²) in [4.78, 5) is 20.8. The highest BCUT2D eigenvalue weighted by atomic mass is 16.5. The van der Waals surface area contributed by atoms with Gasteiger partial charge in [0.25, 0.3) is 0 Å². The van der Waals surface area contributed by atoms with E-state index in [9.17, 15) is 9.59 Å². The third-order valence-corrected chi connectivity index (χ3v) is 1.92. The maximum Gasteiger partial charge on any atom is 0.335 e. The van der Waals surface area contributed by atoms with E-state index in [2.05, 4.69) is 6.58 Å². The van der Waals surface area contributed by atoms with E-state index >= 15 is 0 Å². The van der Waals surface area contributed by atoms with Gasteiger partial charge in [0.2, 0.25) is 0 Å². The zero-order valence-electron chi connectivity index (χ0n) is 10.3. The van der Waals surface area contributed by atoms with Crippen LogP contribution in [-0.4, -0.2) is 11.8 Å². The summed E-state index contributed by atoms with van der Waals surface area (Å²) >= 11 is 0. The molecule has 0 aliphatic rings. The predicted octanol–water partition coefficient (Wildman–Crippen LogP) is 3.15. The van der Waals surface area contributed by atoms with Gasteiger partial charge in [0, 0.05) is 18.9 Å². The van der Waals surface area contributed by atoms with Gasteiger partial charge in [-0.3, -0.25) is 4.79 Å². The van der Waals surface area contributed by atoms with E-state index in [1.165, 1.54) is 0 Å². The average molecular weight is 234 g/mol. The second-order valence-corrected chi connectivity index (χ2v) is 3.18. The van der Waals surface area contributed by atoms with Crippen LogP contribution in [0.2, 0.25) is 0 Å². The lowest BCUT2D eigenvalue weighted by atomic mass is 10.3. The van der Waals surface area contributed by atoms with Gasteiger partial charge in [-0.1, -0.05) is 38.6 Å². The number of esters is 1. The molecule has 3 nitrogen and oxygen atoms in total. The van der Waals surface area contributed by atoms with Gasteiger partial charge >= 0.3 is 5.97 Å². The molecule has 92 valence electrons. The Labute approximate surface area is 102 Å². The molecule has 0 saturated heterocycles. The maximum atomic E-state index is 10.6. The van der Waals surface area contributed by atoms with E-state index in [0.29, 0.717) is 24.4 Å². The molecule has 0 aliphatic carbocycles. The van der Waals surface area contributed by atoms with E-state index < -0.39 is 5.97 Å². The number of para-hydroxylation sites is 1. The summed E-state index contributed by atoms with van der Waals surface area (Å²) in [5.74, 6) is 0.448. The maximum absolute atomic E-state index is 10.6. The Morgan fingerprint density at radius 2 is 1.71 bits per heavy atom. The second kappa shape index (κ2) is 9.33. The van der Waals surface area contributed by atoms with Gasteiger partial charge in [0.05, 0.1) is 0 Å². The SMILES string of the molecule is C=CC(=O)Oc1ccccc1.CCC(=O)CC. The number of benzene rings is 1. The fourth-order valence-corrected chi connectivity index (χ4v) is 0.896. The summed E-state index contributed by atoms with van der Waals surface area (Å²) < 4.78 is 4.81. The quantitative estimate of drug-likeness (QED) is 0.456. The fourth-order valence-electron chi connectivity index (χ4n) is 0.896. The van der Waals surface area contributed by atoms with Gasteiger partial charge in [-0.05, 0) is 12.1 Å². The van der Waals surface area contributed by atoms with Crippen LogP contribution in [0.15, 0.2) is 43.0 Å². The number of ether oxygens (including phenoxy) is 1. The van der Waals surface area contributed by atoms with Gasteiger partial charge in [-0.25, -0.2) is 4.79 Å². The van der Waals surface area contributed by atoms with Crippen molar-refractivity contribution >= 4 is 11.8 Å². The molecule has 17 heavy (non-hydrogen) atoms. The van der Waals surface area contributed by atoms with Gasteiger partial charge in [0.15, 0.2) is 0 Å². The smallest absolute Gasteiger partial charge is 0.335 e. The van der Waals surface area contributed by atoms with E-state index in [4.69, 9.17) is 4.74 Å². The first kappa shape index (κ1) is 15.1. The third-order valence-electron chi connectivity index (χ3n) is 1.92. The van der Waals surface area contributed by atoms with Crippen molar-refractivity contribution in [3.8, 4) is 5.75 Å². The molecule has 0 spiro atoms. The molecule has 0 fully saturated rings. The predicted molar refractivity (Wildman–Crippen MR) is 67.9 cm³/mol. The molecular weight excluding hydrogens is 216 g/mol. The molecule has 1 rings (SSSR count). The molecule has 0 saturated carbocycles. The van der Waals surface area contributed by atoms with E-state index in [1.54, 1.807) is 24.3 Å². The molecule has 3 heteroatoms. The molecule has 0 atom stereocenters. The Kier molecular flexibility index (Phi) is 8.29. The Morgan fingerprint density at radius 3 is 2.06 bits per heavy atom. The minimum atomic E-state index is -0.434. The van der Waals surface area contributed by atoms with Crippen LogP contribution in [0.4, 0.5) is 0 Å². The Morgan fingerprint density at radius 1 is 1.18 bits per heavy atom. The normalized spacial score (nSPS) is 8.59. The van der Waals surface area contributed by atoms with Crippen LogP contribution in [0, 0.1) is 0 Å². The van der Waals surface area contributed by atoms with E-state index in [1.807, 2.05) is 19.9 Å². The fraction of sp³-hybridized carbons (Fsp3) is 0.286. The van der Waals surface area contributed by atoms with Crippen molar-refractivity contribution in [3.05, 3.63) is 43.0 Å². The van der Waals surface area contributed by atoms with Crippen LogP contribution in [0.5, 0.6) is 5.75 Å². The zero-order chi connectivity index (χ0) is 13.1. The largest absolute Gasteiger partial charge is 0.423 e. The lowest BCUT2D eigenvalue weighted by molar-refractivity contribution is -0.129. The molecule has 0 unspecified atom stereocenters. The summed E-state index contributed by atoms with van der Waals surface area (Å²) in [6.07, 6.45) is 2.51. The standard InChI is InChI=1S/C9H8O2.C5H10O/c1-2-9(10)11-8-6-4-3-5-7-8;1-3-5(6)4-2/h2-7H,1H2;3-4H2,1-2H3. The highest BCUT2D eigenvalue weighted by molar-refractivity contribution is 5.83. The Bertz CT molecular complexity index is 349. The highest BCUT2D eigenvalue weighted by Crippen LogP contribution is 2.07. The van der Waals surface area contributed by atoms with Gasteiger partial charge in [-0.15, -0.1) is 0 Å². The van der Waals surface area contributed by atoms with Crippen molar-refractivity contribution < 1.29 is 14.3 Å². The van der Waals surface area contributed by atoms with Crippen LogP contribution in [-0.2, 0) is 9.59 Å². The zero-order valence-corrected chi connectivity index (χ0v) is 10.3. The van der Waals surface area contributed by atoms with Crippen molar-refractivity contribution in [1.82, 2.24) is 0 Å². The molecule has 0 heterocycles. The minimum Gasteiger partial charge on any atom is -0.423 e. The van der Waals surface area contributed by atoms with E-state index in [-0.39, 0.29) is 0 Å². The van der Waals surface area contributed by atoms with Crippen LogP contribution in [0.1, 0.15) is 26.7 Å². The number of carbonyl (C=O) groups excluding carboxylic acids is 2. The van der Waals surface area contributed by atoms with Gasteiger partial charge in [0.1, 0.15) is 11.5 Å². The minimum absolute atomic E-state index is 0.343. The summed E-state index contributed by atoms with van der Waals surface area (Å²) in [5.41, 5.74) is 0. The molecule has 0 radical (unpaired) electrons. The second-order valence-electron chi connectivity index (χ2n) is 3.18. The highest BCUT2D eigenvalue weighted by Gasteiger charge is 1.95. The van der Waals surface area contributed by atoms with Crippen molar-refractivity contribution in [3.63, 3.8) is 0 Å². The lowest BCUT2D eigenvalue weighted by Gasteiger charge is -1.98. The molecule has 0 aliphatic heterocycles. The summed E-state index contributed by atoms with van der Waals surface area (Å²) in [7, 11) is 0. The summed E-state index contributed by atoms with van der Waals surface area (Å²) in [6.45, 7) is 7.04. The molecule has 0 aromatic heterocycles. The third kappa shape index (κ3) is 7.96. The van der Waals surface area contributed by atoms with Crippen molar-refractivity contribution in [2.24, 2.45) is 0 Å². The Hall–Kier alpha value is -1.90. The number of Topliss-reactive ketones (excluding diaryl/α,β-unsaturated/α-hetero) is 1. The van der Waals surface area contributed by atoms with Crippen molar-refractivity contribution in [2.45, 2.75) is 26.7 Å². The van der Waals surface area contributed by atoms with Crippen LogP contribution in [0.25, 0.3) is 0 Å². The summed E-state index contributed by atoms with van der Waals surface area (Å²) in [5, 5.41) is 0. The van der Waals surface area contributed by atoms with Gasteiger partial charge in [-0.2, -0.15) is 0 Å². The molecule has 0 amide bonds. The average Bonchev–Trinajstić information content (AvgIpc) is 2.39. The first-order valence-corrected chi connectivity index (χ1v) is 5.55.